The maximum atomic E-state index is 12.9. The maximum Gasteiger partial charge on any atom is 0.255 e. The molecule has 1 N–H and O–H groups in total. The van der Waals surface area contributed by atoms with Gasteiger partial charge in [0.25, 0.3) is 5.91 Å². The first kappa shape index (κ1) is 28.9. The number of hydrogen-bond donors (Lipinski definition) is 1. The summed E-state index contributed by atoms with van der Waals surface area (Å²) in [4.78, 5) is 29.5. The van der Waals surface area contributed by atoms with Gasteiger partial charge in [-0.1, -0.05) is 58.9 Å². The second-order valence-electron chi connectivity index (χ2n) is 11.7. The van der Waals surface area contributed by atoms with Gasteiger partial charge in [0.1, 0.15) is 0 Å². The van der Waals surface area contributed by atoms with E-state index in [4.69, 9.17) is 0 Å². The van der Waals surface area contributed by atoms with Crippen LogP contribution in [0.4, 0.5) is 5.69 Å². The summed E-state index contributed by atoms with van der Waals surface area (Å²) in [6.07, 6.45) is 4.86. The van der Waals surface area contributed by atoms with E-state index in [1.165, 1.54) is 11.1 Å². The van der Waals surface area contributed by atoms with Crippen LogP contribution in [-0.2, 0) is 16.6 Å². The van der Waals surface area contributed by atoms with Crippen LogP contribution in [0.15, 0.2) is 48.5 Å². The standard InChI is InChI=1S/C32H47N3O2/c1-7-18-35(23-25-16-19-34(20-17-25)30(36)8-2)24(3)21-26-10-9-11-29(22-26)33-31(37)27-12-14-28(15-13-27)32(4,5)6/h9-15,22,24-25H,7-8,16-21,23H2,1-6H3,(H,33,37). The molecule has 1 aliphatic heterocycles. The van der Waals surface area contributed by atoms with E-state index in [0.29, 0.717) is 23.9 Å². The van der Waals surface area contributed by atoms with E-state index >= 15 is 0 Å². The van der Waals surface area contributed by atoms with Crippen LogP contribution in [0, 0.1) is 5.92 Å². The minimum absolute atomic E-state index is 0.0666. The first-order valence-corrected chi connectivity index (χ1v) is 14.1. The molecule has 2 amide bonds. The lowest BCUT2D eigenvalue weighted by Crippen LogP contribution is -2.44. The summed E-state index contributed by atoms with van der Waals surface area (Å²) in [5, 5.41) is 3.08. The number of amides is 2. The fourth-order valence-corrected chi connectivity index (χ4v) is 5.27. The molecule has 3 rings (SSSR count). The van der Waals surface area contributed by atoms with E-state index in [1.54, 1.807) is 0 Å². The smallest absolute Gasteiger partial charge is 0.255 e. The zero-order chi connectivity index (χ0) is 27.0. The lowest BCUT2D eigenvalue weighted by atomic mass is 9.87. The monoisotopic (exact) mass is 505 g/mol. The number of nitrogens with one attached hydrogen (secondary N) is 1. The van der Waals surface area contributed by atoms with Gasteiger partial charge in [-0.05, 0) is 85.9 Å². The van der Waals surface area contributed by atoms with Crippen molar-refractivity contribution in [1.82, 2.24) is 9.80 Å². The Kier molecular flexibility index (Phi) is 10.3. The number of hydrogen-bond acceptors (Lipinski definition) is 3. The normalized spacial score (nSPS) is 15.6. The first-order valence-electron chi connectivity index (χ1n) is 14.1. The zero-order valence-corrected chi connectivity index (χ0v) is 23.8. The highest BCUT2D eigenvalue weighted by Crippen LogP contribution is 2.24. The van der Waals surface area contributed by atoms with Gasteiger partial charge < -0.3 is 15.1 Å². The molecule has 0 radical (unpaired) electrons. The van der Waals surface area contributed by atoms with Crippen LogP contribution >= 0.6 is 0 Å². The molecule has 0 bridgehead atoms. The molecule has 0 spiro atoms. The van der Waals surface area contributed by atoms with Gasteiger partial charge in [-0.15, -0.1) is 0 Å². The highest BCUT2D eigenvalue weighted by atomic mass is 16.2. The van der Waals surface area contributed by atoms with Gasteiger partial charge >= 0.3 is 0 Å². The summed E-state index contributed by atoms with van der Waals surface area (Å²) in [5.74, 6) is 0.850. The molecule has 1 atom stereocenters. The van der Waals surface area contributed by atoms with Crippen molar-refractivity contribution < 1.29 is 9.59 Å². The predicted molar refractivity (Wildman–Crippen MR) is 154 cm³/mol. The Balaban J connectivity index is 1.58. The summed E-state index contributed by atoms with van der Waals surface area (Å²) in [6, 6.07) is 16.6. The molecule has 0 aliphatic carbocycles. The highest BCUT2D eigenvalue weighted by Gasteiger charge is 2.25. The van der Waals surface area contributed by atoms with Crippen molar-refractivity contribution in [1.29, 1.82) is 0 Å². The number of piperidine rings is 1. The van der Waals surface area contributed by atoms with Crippen LogP contribution in [0.3, 0.4) is 0 Å². The molecular weight excluding hydrogens is 458 g/mol. The van der Waals surface area contributed by atoms with Gasteiger partial charge in [0.05, 0.1) is 0 Å². The Labute approximate surface area is 224 Å². The Morgan fingerprint density at radius 2 is 1.73 bits per heavy atom. The molecular formula is C32H47N3O2. The molecule has 2 aromatic rings. The van der Waals surface area contributed by atoms with Gasteiger partial charge in [0.2, 0.25) is 5.91 Å². The van der Waals surface area contributed by atoms with Crippen LogP contribution in [0.25, 0.3) is 0 Å². The van der Waals surface area contributed by atoms with Crippen molar-refractivity contribution in [3.8, 4) is 0 Å². The Morgan fingerprint density at radius 3 is 2.32 bits per heavy atom. The van der Waals surface area contributed by atoms with Gasteiger partial charge in [-0.3, -0.25) is 9.59 Å². The highest BCUT2D eigenvalue weighted by molar-refractivity contribution is 6.04. The van der Waals surface area contributed by atoms with Crippen molar-refractivity contribution in [3.63, 3.8) is 0 Å². The minimum Gasteiger partial charge on any atom is -0.343 e. The van der Waals surface area contributed by atoms with Gasteiger partial charge in [-0.25, -0.2) is 0 Å². The Bertz CT molecular complexity index is 1020. The van der Waals surface area contributed by atoms with Crippen molar-refractivity contribution in [2.24, 2.45) is 5.92 Å². The van der Waals surface area contributed by atoms with E-state index in [2.05, 4.69) is 57.0 Å². The van der Waals surface area contributed by atoms with Gasteiger partial charge in [0, 0.05) is 43.3 Å². The average molecular weight is 506 g/mol. The molecule has 1 aliphatic rings. The lowest BCUT2D eigenvalue weighted by Gasteiger charge is -2.37. The number of carbonyl (C=O) groups is 2. The third-order valence-corrected chi connectivity index (χ3v) is 7.63. The molecule has 2 aromatic carbocycles. The van der Waals surface area contributed by atoms with Crippen LogP contribution in [0.2, 0.25) is 0 Å². The Morgan fingerprint density at radius 1 is 1.05 bits per heavy atom. The summed E-state index contributed by atoms with van der Waals surface area (Å²) in [5.41, 5.74) is 4.03. The van der Waals surface area contributed by atoms with Crippen molar-refractivity contribution in [3.05, 3.63) is 65.2 Å². The van der Waals surface area contributed by atoms with E-state index in [-0.39, 0.29) is 17.2 Å². The molecule has 0 aromatic heterocycles. The fraction of sp³-hybridized carbons (Fsp3) is 0.562. The quantitative estimate of drug-likeness (QED) is 0.399. The number of rotatable bonds is 10. The van der Waals surface area contributed by atoms with Gasteiger partial charge in [0.15, 0.2) is 0 Å². The number of benzene rings is 2. The van der Waals surface area contributed by atoms with Crippen LogP contribution in [-0.4, -0.2) is 53.8 Å². The molecule has 5 heteroatoms. The van der Waals surface area contributed by atoms with E-state index in [1.807, 2.05) is 48.2 Å². The summed E-state index contributed by atoms with van der Waals surface area (Å²) < 4.78 is 0. The minimum atomic E-state index is -0.0776. The third-order valence-electron chi connectivity index (χ3n) is 7.63. The summed E-state index contributed by atoms with van der Waals surface area (Å²) >= 11 is 0. The summed E-state index contributed by atoms with van der Waals surface area (Å²) in [6.45, 7) is 17.0. The zero-order valence-electron chi connectivity index (χ0n) is 23.8. The fourth-order valence-electron chi connectivity index (χ4n) is 5.27. The average Bonchev–Trinajstić information content (AvgIpc) is 2.88. The molecule has 5 nitrogen and oxygen atoms in total. The molecule has 37 heavy (non-hydrogen) atoms. The van der Waals surface area contributed by atoms with Crippen molar-refractivity contribution in [2.45, 2.75) is 85.1 Å². The largest absolute Gasteiger partial charge is 0.343 e. The Hall–Kier alpha value is -2.66. The third kappa shape index (κ3) is 8.43. The predicted octanol–water partition coefficient (Wildman–Crippen LogP) is 6.53. The molecule has 1 fully saturated rings. The topological polar surface area (TPSA) is 52.6 Å². The van der Waals surface area contributed by atoms with Crippen LogP contribution in [0.5, 0.6) is 0 Å². The molecule has 1 saturated heterocycles. The maximum absolute atomic E-state index is 12.9. The van der Waals surface area contributed by atoms with Crippen molar-refractivity contribution in [2.75, 3.05) is 31.5 Å². The van der Waals surface area contributed by atoms with E-state index in [9.17, 15) is 9.59 Å². The first-order chi connectivity index (χ1) is 17.6. The summed E-state index contributed by atoms with van der Waals surface area (Å²) in [7, 11) is 0. The van der Waals surface area contributed by atoms with Gasteiger partial charge in [-0.2, -0.15) is 0 Å². The van der Waals surface area contributed by atoms with Crippen LogP contribution < -0.4 is 5.32 Å². The lowest BCUT2D eigenvalue weighted by molar-refractivity contribution is -0.132. The molecule has 1 unspecified atom stereocenters. The molecule has 0 saturated carbocycles. The van der Waals surface area contributed by atoms with E-state index < -0.39 is 0 Å². The van der Waals surface area contributed by atoms with Crippen LogP contribution in [0.1, 0.15) is 88.7 Å². The second-order valence-corrected chi connectivity index (χ2v) is 11.7. The number of anilines is 1. The number of carbonyl (C=O) groups excluding carboxylic acids is 2. The number of nitrogens with zero attached hydrogens (tertiary/aromatic N) is 2. The number of likely N-dealkylation sites (tertiary alicyclic amines) is 1. The van der Waals surface area contributed by atoms with Crippen molar-refractivity contribution >= 4 is 17.5 Å². The molecule has 1 heterocycles. The molecule has 202 valence electrons. The van der Waals surface area contributed by atoms with E-state index in [0.717, 1.165) is 57.5 Å². The second kappa shape index (κ2) is 13.2. The SMILES string of the molecule is CCCN(CC1CCN(C(=O)CC)CC1)C(C)Cc1cccc(NC(=O)c2ccc(C(C)(C)C)cc2)c1.